The first-order chi connectivity index (χ1) is 20.2. The van der Waals surface area contributed by atoms with Gasteiger partial charge in [-0.2, -0.15) is 18.2 Å². The van der Waals surface area contributed by atoms with E-state index >= 15 is 0 Å². The van der Waals surface area contributed by atoms with Crippen LogP contribution in [-0.2, 0) is 23.4 Å². The first kappa shape index (κ1) is 30.7. The first-order valence-corrected chi connectivity index (χ1v) is 15.2. The highest BCUT2D eigenvalue weighted by Crippen LogP contribution is 2.43. The number of hydrogen-bond acceptors (Lipinski definition) is 9. The molecule has 16 heteroatoms. The number of benzene rings is 1. The Labute approximate surface area is 244 Å². The molecule has 2 aliphatic rings. The van der Waals surface area contributed by atoms with E-state index in [4.69, 9.17) is 4.74 Å². The molecular weight excluding hydrogens is 592 g/mol. The van der Waals surface area contributed by atoms with Crippen LogP contribution in [0.2, 0.25) is 0 Å². The molecule has 43 heavy (non-hydrogen) atoms. The Bertz CT molecular complexity index is 1590. The highest BCUT2D eigenvalue weighted by atomic mass is 31.2. The maximum atomic E-state index is 14.0. The summed E-state index contributed by atoms with van der Waals surface area (Å²) in [5.41, 5.74) is 1.15. The summed E-state index contributed by atoms with van der Waals surface area (Å²) in [5.74, 6) is -1.02. The predicted molar refractivity (Wildman–Crippen MR) is 150 cm³/mol. The number of rotatable bonds is 8. The van der Waals surface area contributed by atoms with Gasteiger partial charge in [-0.25, -0.2) is 9.97 Å². The number of anilines is 4. The summed E-state index contributed by atoms with van der Waals surface area (Å²) in [6.45, 7) is 0.310. The number of carbonyl (C=O) groups excluding carboxylic acids is 1. The van der Waals surface area contributed by atoms with E-state index in [-0.39, 0.29) is 52.3 Å². The molecule has 0 bridgehead atoms. The quantitative estimate of drug-likeness (QED) is 0.221. The van der Waals surface area contributed by atoms with Gasteiger partial charge in [0.1, 0.15) is 11.4 Å². The maximum Gasteiger partial charge on any atom is 0.421 e. The van der Waals surface area contributed by atoms with Crippen molar-refractivity contribution in [2.45, 2.75) is 56.6 Å². The second kappa shape index (κ2) is 11.7. The summed E-state index contributed by atoms with van der Waals surface area (Å²) in [6, 6.07) is 4.73. The van der Waals surface area contributed by atoms with E-state index in [1.54, 1.807) is 13.1 Å². The lowest BCUT2D eigenvalue weighted by Gasteiger charge is -2.27. The molecule has 5 rings (SSSR count). The Balaban J connectivity index is 1.50. The molecule has 1 aliphatic heterocycles. The van der Waals surface area contributed by atoms with Crippen LogP contribution in [0, 0.1) is 0 Å². The Morgan fingerprint density at radius 3 is 2.47 bits per heavy atom. The molecule has 0 atom stereocenters. The molecule has 3 heterocycles. The number of amides is 1. The van der Waals surface area contributed by atoms with Gasteiger partial charge < -0.3 is 35.2 Å². The molecule has 1 amide bonds. The van der Waals surface area contributed by atoms with Crippen LogP contribution in [0.5, 0.6) is 5.75 Å². The summed E-state index contributed by atoms with van der Waals surface area (Å²) < 4.78 is 58.7. The monoisotopic (exact) mass is 622 g/mol. The molecule has 230 valence electrons. The zero-order valence-electron chi connectivity index (χ0n) is 23.2. The van der Waals surface area contributed by atoms with Crippen LogP contribution in [0.4, 0.5) is 36.4 Å². The third kappa shape index (κ3) is 6.74. The maximum absolute atomic E-state index is 14.0. The Morgan fingerprint density at radius 2 is 1.81 bits per heavy atom. The zero-order valence-corrected chi connectivity index (χ0v) is 24.1. The average molecular weight is 623 g/mol. The standard InChI is InChI=1S/C27H30F3N6O6P/c1-36-12-18-17(15-3-5-16(37)6-4-15)7-8-20(22(18)25(36)38)33-23-19(27(28,29)30)11-32-26(34-23)35-24-21(42-2)9-14(10-31-24)13-43(39,40)41/h7-11,15-16,37H,3-6,12-13H2,1-2H3,(H2,39,40,41)(H2,31,32,33,34,35)/t15-,16-. The summed E-state index contributed by atoms with van der Waals surface area (Å²) in [5, 5.41) is 15.3. The van der Waals surface area contributed by atoms with Crippen molar-refractivity contribution in [3.05, 3.63) is 58.4 Å². The van der Waals surface area contributed by atoms with Gasteiger partial charge in [0.25, 0.3) is 5.91 Å². The fourth-order valence-electron chi connectivity index (χ4n) is 5.49. The van der Waals surface area contributed by atoms with E-state index in [2.05, 4.69) is 25.6 Å². The number of fused-ring (bicyclic) bond motifs is 1. The highest BCUT2D eigenvalue weighted by molar-refractivity contribution is 7.50. The summed E-state index contributed by atoms with van der Waals surface area (Å²) in [7, 11) is -1.47. The third-order valence-corrected chi connectivity index (χ3v) is 8.31. The first-order valence-electron chi connectivity index (χ1n) is 13.4. The van der Waals surface area contributed by atoms with Crippen LogP contribution >= 0.6 is 7.60 Å². The Morgan fingerprint density at radius 1 is 1.09 bits per heavy atom. The third-order valence-electron chi connectivity index (χ3n) is 7.54. The molecule has 12 nitrogen and oxygen atoms in total. The summed E-state index contributed by atoms with van der Waals surface area (Å²) >= 11 is 0. The molecule has 0 saturated heterocycles. The average Bonchev–Trinajstić information content (AvgIpc) is 3.23. The van der Waals surface area contributed by atoms with Crippen molar-refractivity contribution in [1.82, 2.24) is 19.9 Å². The Kier molecular flexibility index (Phi) is 8.36. The van der Waals surface area contributed by atoms with Crippen LogP contribution in [0.3, 0.4) is 0 Å². The van der Waals surface area contributed by atoms with E-state index in [9.17, 15) is 37.4 Å². The second-order valence-electron chi connectivity index (χ2n) is 10.6. The largest absolute Gasteiger partial charge is 0.493 e. The number of methoxy groups -OCH3 is 1. The van der Waals surface area contributed by atoms with Gasteiger partial charge in [0.2, 0.25) is 5.95 Å². The van der Waals surface area contributed by atoms with E-state index < -0.39 is 31.3 Å². The highest BCUT2D eigenvalue weighted by Gasteiger charge is 2.37. The van der Waals surface area contributed by atoms with E-state index in [1.807, 2.05) is 6.07 Å². The fourth-order valence-corrected chi connectivity index (χ4v) is 6.14. The van der Waals surface area contributed by atoms with Crippen molar-refractivity contribution in [3.8, 4) is 5.75 Å². The van der Waals surface area contributed by atoms with Crippen molar-refractivity contribution in [3.63, 3.8) is 0 Å². The predicted octanol–water partition coefficient (Wildman–Crippen LogP) is 4.67. The van der Waals surface area contributed by atoms with Crippen molar-refractivity contribution in [2.24, 2.45) is 0 Å². The summed E-state index contributed by atoms with van der Waals surface area (Å²) in [4.78, 5) is 45.1. The Hall–Kier alpha value is -3.78. The van der Waals surface area contributed by atoms with Gasteiger partial charge >= 0.3 is 13.8 Å². The number of nitrogens with one attached hydrogen (secondary N) is 2. The number of halogens is 3. The molecule has 0 radical (unpaired) electrons. The molecule has 0 unspecified atom stereocenters. The minimum absolute atomic E-state index is 0.00215. The van der Waals surface area contributed by atoms with Gasteiger partial charge in [-0.15, -0.1) is 0 Å². The molecule has 3 aromatic rings. The molecular formula is C27H30F3N6O6P. The number of nitrogens with zero attached hydrogens (tertiary/aromatic N) is 4. The molecule has 2 aromatic heterocycles. The molecule has 1 fully saturated rings. The number of hydrogen-bond donors (Lipinski definition) is 5. The van der Waals surface area contributed by atoms with Gasteiger partial charge in [0.05, 0.1) is 30.6 Å². The van der Waals surface area contributed by atoms with Crippen molar-refractivity contribution in [2.75, 3.05) is 24.8 Å². The van der Waals surface area contributed by atoms with Crippen LogP contribution in [0.15, 0.2) is 30.6 Å². The van der Waals surface area contributed by atoms with E-state index in [0.717, 1.165) is 24.0 Å². The van der Waals surface area contributed by atoms with Gasteiger partial charge in [0.15, 0.2) is 11.6 Å². The number of ether oxygens (including phenoxy) is 1. The van der Waals surface area contributed by atoms with Gasteiger partial charge in [-0.1, -0.05) is 6.07 Å². The van der Waals surface area contributed by atoms with Gasteiger partial charge in [-0.05, 0) is 60.4 Å². The number of carbonyl (C=O) groups is 1. The van der Waals surface area contributed by atoms with E-state index in [1.165, 1.54) is 24.3 Å². The lowest BCUT2D eigenvalue weighted by atomic mass is 9.80. The van der Waals surface area contributed by atoms with Crippen LogP contribution in [-0.4, -0.2) is 60.9 Å². The number of alkyl halides is 3. The second-order valence-corrected chi connectivity index (χ2v) is 12.3. The lowest BCUT2D eigenvalue weighted by Crippen LogP contribution is -2.18. The van der Waals surface area contributed by atoms with Crippen molar-refractivity contribution >= 4 is 36.8 Å². The number of aliphatic hydroxyl groups is 1. The SMILES string of the molecule is COc1cc(CP(=O)(O)O)cnc1Nc1ncc(C(F)(F)F)c(Nc2ccc([C@H]3CC[C@H](O)CC3)c3c2C(=O)N(C)C3)n1. The summed E-state index contributed by atoms with van der Waals surface area (Å²) in [6.07, 6.45) is -1.21. The smallest absolute Gasteiger partial charge is 0.421 e. The van der Waals surface area contributed by atoms with Crippen LogP contribution in [0.1, 0.15) is 64.2 Å². The number of pyridine rings is 1. The van der Waals surface area contributed by atoms with E-state index in [0.29, 0.717) is 25.6 Å². The van der Waals surface area contributed by atoms with Gasteiger partial charge in [-0.3, -0.25) is 9.36 Å². The molecule has 1 aromatic carbocycles. The van der Waals surface area contributed by atoms with Crippen LogP contribution < -0.4 is 15.4 Å². The molecule has 5 N–H and O–H groups in total. The molecule has 0 spiro atoms. The fraction of sp³-hybridized carbons (Fsp3) is 0.407. The van der Waals surface area contributed by atoms with Gasteiger partial charge in [0, 0.05) is 26.0 Å². The lowest BCUT2D eigenvalue weighted by molar-refractivity contribution is -0.137. The normalized spacial score (nSPS) is 18.9. The minimum Gasteiger partial charge on any atom is -0.493 e. The topological polar surface area (TPSA) is 170 Å². The van der Waals surface area contributed by atoms with Crippen LogP contribution in [0.25, 0.3) is 0 Å². The zero-order chi connectivity index (χ0) is 31.1. The molecule has 1 saturated carbocycles. The molecule has 1 aliphatic carbocycles. The van der Waals surface area contributed by atoms with Crippen molar-refractivity contribution < 1.29 is 42.2 Å². The van der Waals surface area contributed by atoms with Crippen molar-refractivity contribution in [1.29, 1.82) is 0 Å². The minimum atomic E-state index is -4.83. The number of aromatic nitrogens is 3. The number of aliphatic hydroxyl groups excluding tert-OH is 1.